The molecule has 0 bridgehead atoms. The number of nitrogens with zero attached hydrogens (tertiary/aromatic N) is 1. The van der Waals surface area contributed by atoms with Gasteiger partial charge in [-0.1, -0.05) is 0 Å². The van der Waals surface area contributed by atoms with Gasteiger partial charge in [0.15, 0.2) is 6.23 Å². The number of aliphatic hydroxyl groups is 2. The van der Waals surface area contributed by atoms with Gasteiger partial charge in [0.1, 0.15) is 18.3 Å². The van der Waals surface area contributed by atoms with Crippen LogP contribution in [0, 0.1) is 0 Å². The van der Waals surface area contributed by atoms with Gasteiger partial charge in [-0.05, 0) is 6.92 Å². The fraction of sp³-hybridized carbons (Fsp3) is 0.600. The van der Waals surface area contributed by atoms with Gasteiger partial charge < -0.3 is 34.5 Å². The van der Waals surface area contributed by atoms with Crippen LogP contribution in [0.25, 0.3) is 0 Å². The quantitative estimate of drug-likeness (QED) is 0.189. The lowest BCUT2D eigenvalue weighted by Crippen LogP contribution is -2.39. The predicted octanol–water partition coefficient (Wildman–Crippen LogP) is -2.11. The lowest BCUT2D eigenvalue weighted by molar-refractivity contribution is -0.0782. The highest BCUT2D eigenvalue weighted by atomic mass is 31.3. The van der Waals surface area contributed by atoms with Crippen molar-refractivity contribution in [3.8, 4) is 0 Å². The van der Waals surface area contributed by atoms with Gasteiger partial charge in [0.2, 0.25) is 0 Å². The molecule has 2 rings (SSSR count). The molecule has 1 saturated heterocycles. The van der Waals surface area contributed by atoms with Crippen LogP contribution in [0.5, 0.6) is 0 Å². The molecule has 0 aromatic carbocycles. The molecule has 1 aromatic heterocycles. The molecule has 7 atom stereocenters. The van der Waals surface area contributed by atoms with Crippen LogP contribution in [0.2, 0.25) is 0 Å². The maximum absolute atomic E-state index is 11.9. The molecular formula is C10H17N2O15P3. The molecular weight excluding hydrogens is 481 g/mol. The Kier molecular flexibility index (Phi) is 7.44. The standard InChI is InChI=1S/C10H17N2O15P3/c1-4(25-29(20,21)27-30(22,23)26-28(17,18)19)8-6(14)7(15)9(24-8)12-3-2-5(13)11-10(12)16/h2-4,6-9,14-15H,1H3,(H,20,21)(H,22,23)(H,11,13,16)(H2,17,18,19)/t4-,6+,7-,8-,9-/m1/s1. The topological polar surface area (TPSA) is 264 Å². The molecule has 1 aromatic rings. The zero-order valence-corrected chi connectivity index (χ0v) is 17.4. The van der Waals surface area contributed by atoms with Gasteiger partial charge in [0, 0.05) is 12.3 Å². The highest BCUT2D eigenvalue weighted by Crippen LogP contribution is 2.66. The molecule has 0 amide bonds. The summed E-state index contributed by atoms with van der Waals surface area (Å²) >= 11 is 0. The normalized spacial score (nSPS) is 29.8. The Morgan fingerprint density at radius 1 is 1.07 bits per heavy atom. The zero-order chi connectivity index (χ0) is 23.1. The van der Waals surface area contributed by atoms with E-state index in [0.29, 0.717) is 4.57 Å². The number of phosphoric ester groups is 1. The van der Waals surface area contributed by atoms with Gasteiger partial charge in [-0.15, -0.1) is 0 Å². The molecule has 2 unspecified atom stereocenters. The molecule has 0 spiro atoms. The first-order valence-electron chi connectivity index (χ1n) is 7.67. The number of ether oxygens (including phenoxy) is 1. The lowest BCUT2D eigenvalue weighted by Gasteiger charge is -2.24. The summed E-state index contributed by atoms with van der Waals surface area (Å²) in [5.41, 5.74) is -1.75. The van der Waals surface area contributed by atoms with Crippen molar-refractivity contribution in [3.05, 3.63) is 33.1 Å². The minimum absolute atomic E-state index is 0.715. The van der Waals surface area contributed by atoms with E-state index in [9.17, 15) is 38.4 Å². The van der Waals surface area contributed by atoms with Crippen LogP contribution in [0.3, 0.4) is 0 Å². The molecule has 1 aliphatic rings. The Bertz CT molecular complexity index is 1030. The van der Waals surface area contributed by atoms with Crippen molar-refractivity contribution in [2.45, 2.75) is 37.6 Å². The molecule has 20 heteroatoms. The molecule has 2 heterocycles. The van der Waals surface area contributed by atoms with E-state index in [1.165, 1.54) is 0 Å². The number of hydrogen-bond acceptors (Lipinski definition) is 11. The average Bonchev–Trinajstić information content (AvgIpc) is 2.79. The SMILES string of the molecule is C[C@@H](OP(=O)(O)OP(=O)(O)OP(=O)(O)O)[C@H]1O[C@@H](n2ccc(=O)[nH]c2=O)[C@H](O)[C@@H]1O. The van der Waals surface area contributed by atoms with Crippen molar-refractivity contribution in [1.82, 2.24) is 9.55 Å². The van der Waals surface area contributed by atoms with Gasteiger partial charge >= 0.3 is 29.2 Å². The number of aliphatic hydroxyl groups excluding tert-OH is 2. The smallest absolute Gasteiger partial charge is 0.387 e. The van der Waals surface area contributed by atoms with E-state index in [1.54, 1.807) is 0 Å². The Hall–Kier alpha value is -1.03. The van der Waals surface area contributed by atoms with E-state index < -0.39 is 65.4 Å². The highest BCUT2D eigenvalue weighted by molar-refractivity contribution is 7.66. The van der Waals surface area contributed by atoms with Gasteiger partial charge in [-0.25, -0.2) is 18.5 Å². The average molecular weight is 498 g/mol. The van der Waals surface area contributed by atoms with Crippen LogP contribution in [-0.2, 0) is 31.6 Å². The maximum Gasteiger partial charge on any atom is 0.490 e. The van der Waals surface area contributed by atoms with E-state index >= 15 is 0 Å². The molecule has 0 radical (unpaired) electrons. The summed E-state index contributed by atoms with van der Waals surface area (Å²) in [6.45, 7) is 1.01. The largest absolute Gasteiger partial charge is 0.490 e. The first-order valence-corrected chi connectivity index (χ1v) is 12.2. The third kappa shape index (κ3) is 6.48. The Morgan fingerprint density at radius 3 is 2.20 bits per heavy atom. The number of aromatic amines is 1. The second-order valence-electron chi connectivity index (χ2n) is 5.89. The van der Waals surface area contributed by atoms with Crippen LogP contribution >= 0.6 is 23.5 Å². The lowest BCUT2D eigenvalue weighted by atomic mass is 10.1. The Morgan fingerprint density at radius 2 is 1.67 bits per heavy atom. The number of phosphoric acid groups is 3. The summed E-state index contributed by atoms with van der Waals surface area (Å²) in [4.78, 5) is 60.4. The van der Waals surface area contributed by atoms with Gasteiger partial charge in [0.25, 0.3) is 5.56 Å². The Labute approximate surface area is 165 Å². The van der Waals surface area contributed by atoms with Crippen molar-refractivity contribution in [2.24, 2.45) is 0 Å². The third-order valence-corrected chi connectivity index (χ3v) is 7.50. The van der Waals surface area contributed by atoms with Gasteiger partial charge in [-0.3, -0.25) is 18.9 Å². The van der Waals surface area contributed by atoms with Crippen LogP contribution in [-0.4, -0.2) is 63.8 Å². The molecule has 0 saturated carbocycles. The highest BCUT2D eigenvalue weighted by Gasteiger charge is 2.49. The molecule has 30 heavy (non-hydrogen) atoms. The van der Waals surface area contributed by atoms with Crippen LogP contribution < -0.4 is 11.2 Å². The molecule has 7 N–H and O–H groups in total. The molecule has 17 nitrogen and oxygen atoms in total. The van der Waals surface area contributed by atoms with E-state index in [1.807, 2.05) is 4.98 Å². The Balaban J connectivity index is 2.14. The number of H-pyrrole nitrogens is 1. The van der Waals surface area contributed by atoms with Crippen molar-refractivity contribution in [1.29, 1.82) is 0 Å². The maximum atomic E-state index is 11.9. The molecule has 172 valence electrons. The summed E-state index contributed by atoms with van der Waals surface area (Å²) in [7, 11) is -16.9. The summed E-state index contributed by atoms with van der Waals surface area (Å²) in [6.07, 6.45) is -7.43. The van der Waals surface area contributed by atoms with Crippen LogP contribution in [0.1, 0.15) is 13.2 Å². The van der Waals surface area contributed by atoms with Gasteiger partial charge in [0.05, 0.1) is 6.10 Å². The van der Waals surface area contributed by atoms with Crippen LogP contribution in [0.15, 0.2) is 21.9 Å². The van der Waals surface area contributed by atoms with Crippen molar-refractivity contribution >= 4 is 23.5 Å². The second-order valence-corrected chi connectivity index (χ2v) is 10.3. The van der Waals surface area contributed by atoms with Crippen molar-refractivity contribution in [2.75, 3.05) is 0 Å². The number of nitrogens with one attached hydrogen (secondary N) is 1. The minimum atomic E-state index is -5.76. The van der Waals surface area contributed by atoms with Crippen molar-refractivity contribution < 1.29 is 61.4 Å². The van der Waals surface area contributed by atoms with E-state index in [4.69, 9.17) is 19.4 Å². The summed E-state index contributed by atoms with van der Waals surface area (Å²) < 4.78 is 51.4. The fourth-order valence-corrected chi connectivity index (χ4v) is 5.70. The molecule has 0 aliphatic carbocycles. The van der Waals surface area contributed by atoms with E-state index in [-0.39, 0.29) is 0 Å². The minimum Gasteiger partial charge on any atom is -0.387 e. The fourth-order valence-electron chi connectivity index (χ4n) is 2.50. The summed E-state index contributed by atoms with van der Waals surface area (Å²) in [5, 5.41) is 20.2. The molecule has 1 fully saturated rings. The van der Waals surface area contributed by atoms with Gasteiger partial charge in [-0.2, -0.15) is 8.62 Å². The monoisotopic (exact) mass is 498 g/mol. The zero-order valence-electron chi connectivity index (χ0n) is 14.7. The van der Waals surface area contributed by atoms with E-state index in [2.05, 4.69) is 13.1 Å². The number of rotatable bonds is 8. The number of aromatic nitrogens is 2. The summed E-state index contributed by atoms with van der Waals surface area (Å²) in [5.74, 6) is 0. The second kappa shape index (κ2) is 8.84. The van der Waals surface area contributed by atoms with Crippen molar-refractivity contribution in [3.63, 3.8) is 0 Å². The predicted molar refractivity (Wildman–Crippen MR) is 91.7 cm³/mol. The summed E-state index contributed by atoms with van der Waals surface area (Å²) in [6, 6.07) is 0.923. The third-order valence-electron chi connectivity index (χ3n) is 3.58. The molecule has 1 aliphatic heterocycles. The first-order chi connectivity index (χ1) is 13.5. The van der Waals surface area contributed by atoms with Crippen LogP contribution in [0.4, 0.5) is 0 Å². The number of hydrogen-bond donors (Lipinski definition) is 7. The first kappa shape index (κ1) is 25.2. The van der Waals surface area contributed by atoms with E-state index in [0.717, 1.165) is 19.2 Å².